The molecule has 7 heteroatoms. The van der Waals surface area contributed by atoms with Crippen LogP contribution in [-0.2, 0) is 19.1 Å². The number of benzene rings is 1. The van der Waals surface area contributed by atoms with E-state index in [1.54, 1.807) is 36.1 Å². The molecule has 0 heterocycles. The van der Waals surface area contributed by atoms with Crippen LogP contribution in [0.1, 0.15) is 33.6 Å². The maximum Gasteiger partial charge on any atom is 0.307 e. The van der Waals surface area contributed by atoms with Crippen molar-refractivity contribution in [2.24, 2.45) is 0 Å². The highest BCUT2D eigenvalue weighted by Gasteiger charge is 2.16. The van der Waals surface area contributed by atoms with E-state index in [0.717, 1.165) is 0 Å². The molecule has 0 spiro atoms. The largest absolute Gasteiger partial charge is 0.482 e. The number of para-hydroxylation sites is 1. The summed E-state index contributed by atoms with van der Waals surface area (Å²) >= 11 is 6.03. The second kappa shape index (κ2) is 12.5. The van der Waals surface area contributed by atoms with Crippen LogP contribution < -0.4 is 4.74 Å². The Morgan fingerprint density at radius 3 is 2.58 bits per heavy atom. The van der Waals surface area contributed by atoms with Crippen LogP contribution in [0.15, 0.2) is 24.3 Å². The predicted molar refractivity (Wildman–Crippen MR) is 100 cm³/mol. The lowest BCUT2D eigenvalue weighted by Crippen LogP contribution is -2.38. The lowest BCUT2D eigenvalue weighted by molar-refractivity contribution is -0.144. The number of rotatable bonds is 12. The third-order valence-electron chi connectivity index (χ3n) is 3.46. The molecule has 0 saturated heterocycles. The summed E-state index contributed by atoms with van der Waals surface area (Å²) in [4.78, 5) is 25.7. The van der Waals surface area contributed by atoms with Crippen molar-refractivity contribution in [3.8, 4) is 5.75 Å². The minimum Gasteiger partial charge on any atom is -0.482 e. The Morgan fingerprint density at radius 1 is 1.19 bits per heavy atom. The monoisotopic (exact) mass is 385 g/mol. The molecule has 0 atom stereocenters. The smallest absolute Gasteiger partial charge is 0.307 e. The summed E-state index contributed by atoms with van der Waals surface area (Å²) in [6.07, 6.45) is 0.970. The molecule has 0 saturated carbocycles. The first kappa shape index (κ1) is 22.3. The van der Waals surface area contributed by atoms with Gasteiger partial charge in [0.05, 0.1) is 24.2 Å². The van der Waals surface area contributed by atoms with Crippen molar-refractivity contribution < 1.29 is 23.8 Å². The van der Waals surface area contributed by atoms with Crippen LogP contribution in [-0.4, -0.2) is 55.8 Å². The number of nitrogens with zero attached hydrogens (tertiary/aromatic N) is 1. The Labute approximate surface area is 160 Å². The van der Waals surface area contributed by atoms with Gasteiger partial charge in [-0.15, -0.1) is 0 Å². The van der Waals surface area contributed by atoms with Crippen LogP contribution in [0, 0.1) is 0 Å². The SMILES string of the molecule is CCOC(=O)CCN(CCCOC(C)C)C(=O)COc1ccccc1Cl. The summed E-state index contributed by atoms with van der Waals surface area (Å²) < 4.78 is 15.9. The van der Waals surface area contributed by atoms with E-state index in [-0.39, 0.29) is 37.6 Å². The van der Waals surface area contributed by atoms with Crippen LogP contribution in [0.25, 0.3) is 0 Å². The van der Waals surface area contributed by atoms with Crippen molar-refractivity contribution >= 4 is 23.5 Å². The molecule has 26 heavy (non-hydrogen) atoms. The van der Waals surface area contributed by atoms with Gasteiger partial charge in [0.15, 0.2) is 6.61 Å². The maximum absolute atomic E-state index is 12.5. The van der Waals surface area contributed by atoms with E-state index in [0.29, 0.717) is 37.0 Å². The molecule has 0 radical (unpaired) electrons. The summed E-state index contributed by atoms with van der Waals surface area (Å²) in [5.41, 5.74) is 0. The zero-order chi connectivity index (χ0) is 19.4. The van der Waals surface area contributed by atoms with Crippen LogP contribution in [0.2, 0.25) is 5.02 Å². The zero-order valence-electron chi connectivity index (χ0n) is 15.7. The van der Waals surface area contributed by atoms with Crippen LogP contribution >= 0.6 is 11.6 Å². The van der Waals surface area contributed by atoms with Crippen molar-refractivity contribution in [2.45, 2.75) is 39.7 Å². The quantitative estimate of drug-likeness (QED) is 0.408. The first-order valence-corrected chi connectivity index (χ1v) is 9.24. The summed E-state index contributed by atoms with van der Waals surface area (Å²) in [6, 6.07) is 6.98. The molecule has 1 aromatic rings. The Morgan fingerprint density at radius 2 is 1.92 bits per heavy atom. The van der Waals surface area contributed by atoms with Gasteiger partial charge in [-0.1, -0.05) is 23.7 Å². The fraction of sp³-hybridized carbons (Fsp3) is 0.579. The topological polar surface area (TPSA) is 65.1 Å². The van der Waals surface area contributed by atoms with Crippen molar-refractivity contribution in [3.05, 3.63) is 29.3 Å². The summed E-state index contributed by atoms with van der Waals surface area (Å²) in [5, 5.41) is 0.448. The van der Waals surface area contributed by atoms with E-state index in [1.165, 1.54) is 0 Å². The first-order valence-electron chi connectivity index (χ1n) is 8.86. The highest BCUT2D eigenvalue weighted by Crippen LogP contribution is 2.23. The molecule has 6 nitrogen and oxygen atoms in total. The van der Waals surface area contributed by atoms with Crippen LogP contribution in [0.4, 0.5) is 0 Å². The Hall–Kier alpha value is -1.79. The Balaban J connectivity index is 2.55. The number of halogens is 1. The molecule has 0 aromatic heterocycles. The third kappa shape index (κ3) is 9.06. The molecule has 0 unspecified atom stereocenters. The van der Waals surface area contributed by atoms with E-state index < -0.39 is 0 Å². The van der Waals surface area contributed by atoms with E-state index >= 15 is 0 Å². The number of hydrogen-bond acceptors (Lipinski definition) is 5. The summed E-state index contributed by atoms with van der Waals surface area (Å²) in [5.74, 6) is -0.0782. The van der Waals surface area contributed by atoms with E-state index in [2.05, 4.69) is 0 Å². The molecule has 0 aliphatic rings. The minimum absolute atomic E-state index is 0.141. The predicted octanol–water partition coefficient (Wildman–Crippen LogP) is 3.32. The van der Waals surface area contributed by atoms with Gasteiger partial charge in [0.2, 0.25) is 0 Å². The van der Waals surface area contributed by atoms with Gasteiger partial charge in [-0.05, 0) is 39.3 Å². The number of amides is 1. The number of ether oxygens (including phenoxy) is 3. The third-order valence-corrected chi connectivity index (χ3v) is 3.77. The van der Waals surface area contributed by atoms with Gasteiger partial charge in [0.25, 0.3) is 5.91 Å². The number of hydrogen-bond donors (Lipinski definition) is 0. The lowest BCUT2D eigenvalue weighted by Gasteiger charge is -2.23. The highest BCUT2D eigenvalue weighted by molar-refractivity contribution is 6.32. The van der Waals surface area contributed by atoms with E-state index in [9.17, 15) is 9.59 Å². The first-order chi connectivity index (χ1) is 12.4. The maximum atomic E-state index is 12.5. The second-order valence-corrected chi connectivity index (χ2v) is 6.34. The zero-order valence-corrected chi connectivity index (χ0v) is 16.5. The number of carbonyl (C=O) groups excluding carboxylic acids is 2. The van der Waals surface area contributed by atoms with Gasteiger partial charge >= 0.3 is 5.97 Å². The lowest BCUT2D eigenvalue weighted by atomic mass is 10.3. The van der Waals surface area contributed by atoms with Gasteiger partial charge < -0.3 is 19.1 Å². The Kier molecular flexibility index (Phi) is 10.7. The average Bonchev–Trinajstić information content (AvgIpc) is 2.60. The number of esters is 1. The molecular formula is C19H28ClNO5. The van der Waals surface area contributed by atoms with Crippen LogP contribution in [0.5, 0.6) is 5.75 Å². The van der Waals surface area contributed by atoms with Crippen molar-refractivity contribution in [1.82, 2.24) is 4.90 Å². The molecule has 146 valence electrons. The van der Waals surface area contributed by atoms with E-state index in [4.69, 9.17) is 25.8 Å². The molecular weight excluding hydrogens is 358 g/mol. The summed E-state index contributed by atoms with van der Waals surface area (Å²) in [6.45, 7) is 7.17. The van der Waals surface area contributed by atoms with Crippen molar-refractivity contribution in [2.75, 3.05) is 32.9 Å². The second-order valence-electron chi connectivity index (χ2n) is 5.93. The average molecular weight is 386 g/mol. The van der Waals surface area contributed by atoms with Gasteiger partial charge in [-0.3, -0.25) is 9.59 Å². The number of carbonyl (C=O) groups is 2. The fourth-order valence-corrected chi connectivity index (χ4v) is 2.38. The molecule has 1 aromatic carbocycles. The minimum atomic E-state index is -0.323. The Bertz CT molecular complexity index is 565. The van der Waals surface area contributed by atoms with Gasteiger partial charge in [0.1, 0.15) is 5.75 Å². The van der Waals surface area contributed by atoms with Crippen molar-refractivity contribution in [1.29, 1.82) is 0 Å². The van der Waals surface area contributed by atoms with Gasteiger partial charge in [-0.25, -0.2) is 0 Å². The highest BCUT2D eigenvalue weighted by atomic mass is 35.5. The normalized spacial score (nSPS) is 10.7. The molecule has 1 rings (SSSR count). The molecule has 1 amide bonds. The van der Waals surface area contributed by atoms with Crippen LogP contribution in [0.3, 0.4) is 0 Å². The molecule has 0 N–H and O–H groups in total. The molecule has 0 bridgehead atoms. The fourth-order valence-electron chi connectivity index (χ4n) is 2.19. The van der Waals surface area contributed by atoms with Crippen molar-refractivity contribution in [3.63, 3.8) is 0 Å². The van der Waals surface area contributed by atoms with Gasteiger partial charge in [-0.2, -0.15) is 0 Å². The summed E-state index contributed by atoms with van der Waals surface area (Å²) in [7, 11) is 0. The molecule has 0 fully saturated rings. The standard InChI is InChI=1S/C19H28ClNO5/c1-4-24-19(23)10-12-21(11-7-13-25-15(2)3)18(22)14-26-17-9-6-5-8-16(17)20/h5-6,8-9,15H,4,7,10-14H2,1-3H3. The molecule has 0 aliphatic carbocycles. The molecule has 0 aliphatic heterocycles. The van der Waals surface area contributed by atoms with Gasteiger partial charge in [0, 0.05) is 19.7 Å². The van der Waals surface area contributed by atoms with E-state index in [1.807, 2.05) is 13.8 Å².